The van der Waals surface area contributed by atoms with E-state index < -0.39 is 5.91 Å². The Morgan fingerprint density at radius 2 is 1.90 bits per heavy atom. The molecule has 4 atom stereocenters. The molecule has 30 heavy (non-hydrogen) atoms. The number of benzene rings is 2. The molecule has 1 amide bonds. The van der Waals surface area contributed by atoms with Crippen LogP contribution >= 0.6 is 0 Å². The van der Waals surface area contributed by atoms with Crippen molar-refractivity contribution in [2.75, 3.05) is 20.2 Å². The van der Waals surface area contributed by atoms with Crippen LogP contribution < -0.4 is 11.1 Å². The first-order chi connectivity index (χ1) is 14.4. The fraction of sp³-hybridized carbons (Fsp3) is 0.417. The summed E-state index contributed by atoms with van der Waals surface area (Å²) in [6, 6.07) is 14.1. The second-order valence-electron chi connectivity index (χ2n) is 8.00. The van der Waals surface area contributed by atoms with Crippen LogP contribution in [0.2, 0.25) is 0 Å². The smallest absolute Gasteiger partial charge is 0.217 e. The van der Waals surface area contributed by atoms with E-state index in [0.717, 1.165) is 5.56 Å². The Balaban J connectivity index is 1.93. The van der Waals surface area contributed by atoms with Crippen LogP contribution in [0.3, 0.4) is 0 Å². The summed E-state index contributed by atoms with van der Waals surface area (Å²) in [6.07, 6.45) is 0.309. The molecule has 0 bridgehead atoms. The maximum atomic E-state index is 14.1. The van der Waals surface area contributed by atoms with Crippen molar-refractivity contribution in [3.8, 4) is 0 Å². The number of primary amides is 1. The largest absolute Gasteiger partial charge is 0.377 e. The van der Waals surface area contributed by atoms with Crippen molar-refractivity contribution in [2.24, 2.45) is 23.5 Å². The first-order valence-electron chi connectivity index (χ1n) is 10.3. The predicted octanol–water partition coefficient (Wildman–Crippen LogP) is 3.42. The molecular weight excluding hydrogens is 383 g/mol. The Labute approximate surface area is 176 Å². The first-order valence-corrected chi connectivity index (χ1v) is 10.3. The molecule has 160 valence electrons. The molecule has 1 aliphatic rings. The van der Waals surface area contributed by atoms with Crippen molar-refractivity contribution >= 4 is 11.7 Å². The molecule has 6 heteroatoms. The maximum absolute atomic E-state index is 14.1. The number of ether oxygens (including phenoxy) is 1. The number of nitrogens with two attached hydrogens (primary N) is 1. The molecule has 1 heterocycles. The second-order valence-corrected chi connectivity index (χ2v) is 8.00. The molecule has 3 rings (SSSR count). The zero-order chi connectivity index (χ0) is 21.7. The van der Waals surface area contributed by atoms with Crippen LogP contribution in [0.25, 0.3) is 0 Å². The average Bonchev–Trinajstić information content (AvgIpc) is 2.74. The highest BCUT2D eigenvalue weighted by Gasteiger charge is 2.40. The van der Waals surface area contributed by atoms with Gasteiger partial charge in [-0.1, -0.05) is 42.5 Å². The number of Topliss-reactive ketones (excluding diaryl/α,β-unsaturated/α-hetero) is 1. The number of carbonyl (C=O) groups excluding carboxylic acids is 2. The van der Waals surface area contributed by atoms with E-state index in [4.69, 9.17) is 10.5 Å². The summed E-state index contributed by atoms with van der Waals surface area (Å²) in [4.78, 5) is 25.0. The zero-order valence-corrected chi connectivity index (χ0v) is 17.4. The van der Waals surface area contributed by atoms with E-state index in [1.807, 2.05) is 36.4 Å². The summed E-state index contributed by atoms with van der Waals surface area (Å²) in [6.45, 7) is 2.85. The lowest BCUT2D eigenvalue weighted by Gasteiger charge is -2.39. The van der Waals surface area contributed by atoms with Gasteiger partial charge in [0.1, 0.15) is 5.82 Å². The highest BCUT2D eigenvalue weighted by atomic mass is 19.1. The number of halogens is 1. The number of amides is 1. The molecular formula is C24H29FN2O3. The Morgan fingerprint density at radius 3 is 2.57 bits per heavy atom. The third-order valence-corrected chi connectivity index (χ3v) is 6.18. The van der Waals surface area contributed by atoms with E-state index in [0.29, 0.717) is 30.6 Å². The Hall–Kier alpha value is -2.57. The summed E-state index contributed by atoms with van der Waals surface area (Å²) >= 11 is 0. The SMILES string of the molecule is COC(C[C@H]1[C@H](CC(N)=O)CNC[C@@H]1C(=O)c1ccccc1)c1cccc(F)c1C. The maximum Gasteiger partial charge on any atom is 0.217 e. The van der Waals surface area contributed by atoms with Crippen LogP contribution in [0.5, 0.6) is 0 Å². The van der Waals surface area contributed by atoms with Gasteiger partial charge in [-0.3, -0.25) is 9.59 Å². The van der Waals surface area contributed by atoms with Gasteiger partial charge in [0.05, 0.1) is 6.10 Å². The van der Waals surface area contributed by atoms with Gasteiger partial charge in [-0.2, -0.15) is 0 Å². The molecule has 2 aromatic rings. The van der Waals surface area contributed by atoms with Crippen molar-refractivity contribution < 1.29 is 18.7 Å². The molecule has 1 saturated heterocycles. The van der Waals surface area contributed by atoms with Gasteiger partial charge in [0, 0.05) is 31.6 Å². The van der Waals surface area contributed by atoms with Crippen LogP contribution in [0, 0.1) is 30.5 Å². The van der Waals surface area contributed by atoms with Gasteiger partial charge in [-0.25, -0.2) is 4.39 Å². The fourth-order valence-electron chi connectivity index (χ4n) is 4.57. The minimum atomic E-state index is -0.393. The number of ketones is 1. The van der Waals surface area contributed by atoms with Crippen LogP contribution in [0.1, 0.15) is 40.4 Å². The Morgan fingerprint density at radius 1 is 1.17 bits per heavy atom. The minimum Gasteiger partial charge on any atom is -0.377 e. The van der Waals surface area contributed by atoms with Crippen molar-refractivity contribution in [2.45, 2.75) is 25.9 Å². The van der Waals surface area contributed by atoms with E-state index in [1.165, 1.54) is 6.07 Å². The van der Waals surface area contributed by atoms with Gasteiger partial charge in [-0.05, 0) is 48.9 Å². The fourth-order valence-corrected chi connectivity index (χ4v) is 4.57. The van der Waals surface area contributed by atoms with E-state index in [1.54, 1.807) is 20.1 Å². The Bertz CT molecular complexity index is 887. The summed E-state index contributed by atoms with van der Waals surface area (Å²) < 4.78 is 19.9. The minimum absolute atomic E-state index is 0.0353. The predicted molar refractivity (Wildman–Crippen MR) is 113 cm³/mol. The monoisotopic (exact) mass is 412 g/mol. The zero-order valence-electron chi connectivity index (χ0n) is 17.4. The van der Waals surface area contributed by atoms with Gasteiger partial charge in [0.25, 0.3) is 0 Å². The quantitative estimate of drug-likeness (QED) is 0.651. The highest BCUT2D eigenvalue weighted by Crippen LogP contribution is 2.38. The molecule has 1 unspecified atom stereocenters. The van der Waals surface area contributed by atoms with Crippen molar-refractivity contribution in [1.82, 2.24) is 5.32 Å². The van der Waals surface area contributed by atoms with Gasteiger partial charge >= 0.3 is 0 Å². The highest BCUT2D eigenvalue weighted by molar-refractivity contribution is 5.98. The third-order valence-electron chi connectivity index (χ3n) is 6.18. The standard InChI is InChI=1S/C24H29FN2O3/c1-15-18(9-6-10-21(15)25)22(30-2)12-19-17(11-23(26)28)13-27-14-20(19)24(29)16-7-4-3-5-8-16/h3-10,17,19-20,22,27H,11-14H2,1-2H3,(H2,26,28)/t17-,19+,20+,22?/m1/s1. The van der Waals surface area contributed by atoms with Gasteiger partial charge in [-0.15, -0.1) is 0 Å². The van der Waals surface area contributed by atoms with Gasteiger partial charge in [0.15, 0.2) is 5.78 Å². The number of nitrogens with one attached hydrogen (secondary N) is 1. The summed E-state index contributed by atoms with van der Waals surface area (Å²) in [7, 11) is 1.59. The molecule has 0 aliphatic carbocycles. The lowest BCUT2D eigenvalue weighted by atomic mass is 9.70. The third kappa shape index (κ3) is 4.94. The molecule has 1 fully saturated rings. The number of rotatable bonds is 8. The molecule has 3 N–H and O–H groups in total. The van der Waals surface area contributed by atoms with E-state index >= 15 is 0 Å². The summed E-state index contributed by atoms with van der Waals surface area (Å²) in [5, 5.41) is 3.29. The number of piperidine rings is 1. The Kier molecular flexibility index (Phi) is 7.34. The topological polar surface area (TPSA) is 81.4 Å². The molecule has 0 spiro atoms. The van der Waals surface area contributed by atoms with Crippen LogP contribution in [0.15, 0.2) is 48.5 Å². The van der Waals surface area contributed by atoms with Crippen molar-refractivity contribution in [3.63, 3.8) is 0 Å². The molecule has 0 saturated carbocycles. The summed E-state index contributed by atoms with van der Waals surface area (Å²) in [5.41, 5.74) is 7.45. The van der Waals surface area contributed by atoms with E-state index in [-0.39, 0.29) is 41.9 Å². The number of carbonyl (C=O) groups is 2. The lowest BCUT2D eigenvalue weighted by Crippen LogP contribution is -2.48. The van der Waals surface area contributed by atoms with Crippen molar-refractivity contribution in [3.05, 3.63) is 71.0 Å². The molecule has 0 radical (unpaired) electrons. The van der Waals surface area contributed by atoms with Gasteiger partial charge in [0.2, 0.25) is 5.91 Å². The van der Waals surface area contributed by atoms with E-state index in [2.05, 4.69) is 5.32 Å². The molecule has 2 aromatic carbocycles. The number of methoxy groups -OCH3 is 1. The molecule has 5 nitrogen and oxygen atoms in total. The van der Waals surface area contributed by atoms with E-state index in [9.17, 15) is 14.0 Å². The van der Waals surface area contributed by atoms with Crippen LogP contribution in [0.4, 0.5) is 4.39 Å². The lowest BCUT2D eigenvalue weighted by molar-refractivity contribution is -0.119. The molecule has 0 aromatic heterocycles. The normalized spacial score (nSPS) is 22.4. The number of hydrogen-bond donors (Lipinski definition) is 2. The number of hydrogen-bond acceptors (Lipinski definition) is 4. The molecule has 1 aliphatic heterocycles. The first kappa shape index (κ1) is 22.1. The van der Waals surface area contributed by atoms with Crippen LogP contribution in [-0.4, -0.2) is 31.9 Å². The average molecular weight is 413 g/mol. The second kappa shape index (κ2) is 9.96. The van der Waals surface area contributed by atoms with Gasteiger partial charge < -0.3 is 15.8 Å². The van der Waals surface area contributed by atoms with Crippen molar-refractivity contribution in [1.29, 1.82) is 0 Å². The summed E-state index contributed by atoms with van der Waals surface area (Å²) in [5.74, 6) is -1.19. The van der Waals surface area contributed by atoms with Crippen LogP contribution in [-0.2, 0) is 9.53 Å².